The number of aromatic nitrogens is 4. The zero-order valence-corrected chi connectivity index (χ0v) is 22.2. The van der Waals surface area contributed by atoms with Gasteiger partial charge in [0.15, 0.2) is 5.69 Å². The van der Waals surface area contributed by atoms with Crippen LogP contribution in [0, 0.1) is 12.7 Å². The number of amides is 1. The molecule has 0 saturated carbocycles. The van der Waals surface area contributed by atoms with Gasteiger partial charge in [-0.15, -0.1) is 0 Å². The molecule has 5 aromatic rings. The van der Waals surface area contributed by atoms with E-state index < -0.39 is 5.54 Å². The molecule has 0 aliphatic carbocycles. The number of aromatic amines is 1. The van der Waals surface area contributed by atoms with Crippen LogP contribution in [0.5, 0.6) is 0 Å². The summed E-state index contributed by atoms with van der Waals surface area (Å²) in [6, 6.07) is 14.1. The van der Waals surface area contributed by atoms with E-state index in [1.807, 2.05) is 52.1 Å². The van der Waals surface area contributed by atoms with Crippen molar-refractivity contribution < 1.29 is 9.18 Å². The maximum Gasteiger partial charge on any atom is 0.274 e. The fourth-order valence-electron chi connectivity index (χ4n) is 5.66. The summed E-state index contributed by atoms with van der Waals surface area (Å²) in [4.78, 5) is 36.8. The van der Waals surface area contributed by atoms with E-state index in [0.29, 0.717) is 29.9 Å². The lowest BCUT2D eigenvalue weighted by molar-refractivity contribution is 0.0507. The zero-order chi connectivity index (χ0) is 27.5. The Hall–Kier alpha value is -4.37. The number of carbonyl (C=O) groups is 1. The summed E-state index contributed by atoms with van der Waals surface area (Å²) in [7, 11) is 1.96. The van der Waals surface area contributed by atoms with Crippen molar-refractivity contribution >= 4 is 22.3 Å². The number of pyridine rings is 1. The Labute approximate surface area is 224 Å². The van der Waals surface area contributed by atoms with Crippen molar-refractivity contribution in [3.8, 4) is 11.3 Å². The molecule has 1 saturated heterocycles. The van der Waals surface area contributed by atoms with Crippen LogP contribution in [0.2, 0.25) is 0 Å². The number of likely N-dealkylation sites (tertiary alicyclic amines) is 1. The third-order valence-corrected chi connectivity index (χ3v) is 7.54. The zero-order valence-electron chi connectivity index (χ0n) is 22.2. The number of H-pyrrole nitrogens is 1. The monoisotopic (exact) mass is 524 g/mol. The largest absolute Gasteiger partial charge is 0.338 e. The highest BCUT2D eigenvalue weighted by atomic mass is 19.1. The normalized spacial score (nSPS) is 15.1. The average molecular weight is 525 g/mol. The summed E-state index contributed by atoms with van der Waals surface area (Å²) in [6.07, 6.45) is 3.45. The number of rotatable bonds is 5. The second-order valence-electron chi connectivity index (χ2n) is 10.8. The molecule has 2 aromatic carbocycles. The number of likely N-dealkylation sites (N-methyl/N-ethyl adjacent to an activating group) is 1. The molecular formula is C30H29FN6O2. The fraction of sp³-hybridized carbons (Fsp3) is 0.267. The molecule has 2 N–H and O–H groups in total. The van der Waals surface area contributed by atoms with Crippen molar-refractivity contribution in [2.45, 2.75) is 32.2 Å². The van der Waals surface area contributed by atoms with E-state index in [9.17, 15) is 14.0 Å². The first kappa shape index (κ1) is 24.9. The predicted molar refractivity (Wildman–Crippen MR) is 148 cm³/mol. The molecule has 0 unspecified atom stereocenters. The van der Waals surface area contributed by atoms with Crippen LogP contribution in [0.3, 0.4) is 0 Å². The highest BCUT2D eigenvalue weighted by Crippen LogP contribution is 2.33. The van der Waals surface area contributed by atoms with Gasteiger partial charge in [-0.1, -0.05) is 38.1 Å². The van der Waals surface area contributed by atoms with Gasteiger partial charge in [-0.2, -0.15) is 5.10 Å². The lowest BCUT2D eigenvalue weighted by Gasteiger charge is -2.49. The van der Waals surface area contributed by atoms with Crippen LogP contribution in [-0.2, 0) is 5.54 Å². The summed E-state index contributed by atoms with van der Waals surface area (Å²) < 4.78 is 15.1. The van der Waals surface area contributed by atoms with E-state index >= 15 is 0 Å². The SMILES string of the molecule is Cc1cccc2ncc(-c3cn4nc(C(=O)NC5(c6ccc(F)cc6)CN(C)C5)c(C(C)C)c4c(=O)[nH]3)cc12. The Morgan fingerprint density at radius 1 is 1.15 bits per heavy atom. The number of hydrogen-bond acceptors (Lipinski definition) is 5. The number of hydrogen-bond donors (Lipinski definition) is 2. The first-order valence-electron chi connectivity index (χ1n) is 12.9. The molecule has 8 nitrogen and oxygen atoms in total. The van der Waals surface area contributed by atoms with Crippen molar-refractivity contribution in [2.75, 3.05) is 20.1 Å². The molecule has 4 heterocycles. The third-order valence-electron chi connectivity index (χ3n) is 7.54. The molecule has 198 valence electrons. The smallest absolute Gasteiger partial charge is 0.274 e. The number of aryl methyl sites for hydroxylation is 1. The molecule has 0 atom stereocenters. The van der Waals surface area contributed by atoms with Crippen LogP contribution < -0.4 is 10.9 Å². The molecule has 0 spiro atoms. The Kier molecular flexibility index (Phi) is 5.84. The molecule has 1 fully saturated rings. The minimum absolute atomic E-state index is 0.133. The van der Waals surface area contributed by atoms with Crippen LogP contribution in [0.15, 0.2) is 65.7 Å². The highest BCUT2D eigenvalue weighted by Gasteiger charge is 2.44. The maximum atomic E-state index is 13.7. The van der Waals surface area contributed by atoms with Crippen LogP contribution in [0.1, 0.15) is 46.9 Å². The van der Waals surface area contributed by atoms with Crippen molar-refractivity contribution in [3.63, 3.8) is 0 Å². The van der Waals surface area contributed by atoms with Gasteiger partial charge in [0, 0.05) is 35.8 Å². The standard InChI is InChI=1S/C30H29FN6O2/c1-17(2)25-26(28(38)34-30(15-36(4)16-30)20-8-10-21(31)11-9-20)35-37-14-24(33-29(39)27(25)37)19-12-22-18(3)6-5-7-23(22)32-13-19/h5-14,17H,15-16H2,1-4H3,(H,33,39)(H,34,38). The first-order chi connectivity index (χ1) is 18.6. The highest BCUT2D eigenvalue weighted by molar-refractivity contribution is 5.97. The quantitative estimate of drug-likeness (QED) is 0.356. The van der Waals surface area contributed by atoms with Gasteiger partial charge in [0.2, 0.25) is 0 Å². The Balaban J connectivity index is 1.43. The Morgan fingerprint density at radius 2 is 1.90 bits per heavy atom. The van der Waals surface area contributed by atoms with Gasteiger partial charge in [0.1, 0.15) is 11.3 Å². The molecule has 1 amide bonds. The molecule has 0 radical (unpaired) electrons. The molecular weight excluding hydrogens is 495 g/mol. The average Bonchev–Trinajstić information content (AvgIpc) is 3.29. The number of nitrogens with one attached hydrogen (secondary N) is 2. The molecule has 9 heteroatoms. The van der Waals surface area contributed by atoms with Gasteiger partial charge in [-0.05, 0) is 55.3 Å². The summed E-state index contributed by atoms with van der Waals surface area (Å²) >= 11 is 0. The Morgan fingerprint density at radius 3 is 2.59 bits per heavy atom. The van der Waals surface area contributed by atoms with Crippen LogP contribution in [-0.4, -0.2) is 50.5 Å². The first-order valence-corrected chi connectivity index (χ1v) is 12.9. The summed E-state index contributed by atoms with van der Waals surface area (Å²) in [5.74, 6) is -0.836. The van der Waals surface area contributed by atoms with Crippen LogP contribution in [0.4, 0.5) is 4.39 Å². The van der Waals surface area contributed by atoms with E-state index in [1.165, 1.54) is 16.6 Å². The van der Waals surface area contributed by atoms with E-state index in [0.717, 1.165) is 27.6 Å². The van der Waals surface area contributed by atoms with Crippen LogP contribution >= 0.6 is 0 Å². The second-order valence-corrected chi connectivity index (χ2v) is 10.8. The molecule has 6 rings (SSSR count). The van der Waals surface area contributed by atoms with Crippen molar-refractivity contribution in [1.29, 1.82) is 0 Å². The molecule has 1 aliphatic heterocycles. The van der Waals surface area contributed by atoms with Gasteiger partial charge in [-0.3, -0.25) is 14.6 Å². The predicted octanol–water partition coefficient (Wildman–Crippen LogP) is 4.38. The summed E-state index contributed by atoms with van der Waals surface area (Å²) in [6.45, 7) is 7.04. The van der Waals surface area contributed by atoms with E-state index in [2.05, 4.69) is 25.3 Å². The van der Waals surface area contributed by atoms with E-state index in [4.69, 9.17) is 0 Å². The lowest BCUT2D eigenvalue weighted by atomic mass is 9.82. The number of nitrogens with zero attached hydrogens (tertiary/aromatic N) is 4. The lowest BCUT2D eigenvalue weighted by Crippen LogP contribution is -2.66. The third kappa shape index (κ3) is 4.19. The Bertz CT molecular complexity index is 1800. The second kappa shape index (κ2) is 9.13. The van der Waals surface area contributed by atoms with Gasteiger partial charge in [0.25, 0.3) is 11.5 Å². The van der Waals surface area contributed by atoms with Crippen LogP contribution in [0.25, 0.3) is 27.7 Å². The maximum absolute atomic E-state index is 13.7. The van der Waals surface area contributed by atoms with Gasteiger partial charge < -0.3 is 15.2 Å². The number of benzene rings is 2. The van der Waals surface area contributed by atoms with Gasteiger partial charge in [-0.25, -0.2) is 8.91 Å². The summed E-state index contributed by atoms with van der Waals surface area (Å²) in [5.41, 5.74) is 4.20. The number of fused-ring (bicyclic) bond motifs is 2. The minimum Gasteiger partial charge on any atom is -0.338 e. The molecule has 3 aromatic heterocycles. The fourth-order valence-corrected chi connectivity index (χ4v) is 5.66. The minimum atomic E-state index is -0.671. The van der Waals surface area contributed by atoms with E-state index in [1.54, 1.807) is 24.5 Å². The number of halogens is 1. The number of carbonyl (C=O) groups excluding carboxylic acids is 1. The van der Waals surface area contributed by atoms with Gasteiger partial charge >= 0.3 is 0 Å². The molecule has 1 aliphatic rings. The summed E-state index contributed by atoms with van der Waals surface area (Å²) in [5, 5.41) is 8.78. The van der Waals surface area contributed by atoms with Crippen molar-refractivity contribution in [2.24, 2.45) is 0 Å². The van der Waals surface area contributed by atoms with Crippen molar-refractivity contribution in [3.05, 3.63) is 99.5 Å². The molecule has 0 bridgehead atoms. The van der Waals surface area contributed by atoms with Crippen molar-refractivity contribution in [1.82, 2.24) is 29.8 Å². The topological polar surface area (TPSA) is 95.4 Å². The van der Waals surface area contributed by atoms with Gasteiger partial charge in [0.05, 0.1) is 22.9 Å². The molecule has 39 heavy (non-hydrogen) atoms. The van der Waals surface area contributed by atoms with E-state index in [-0.39, 0.29) is 28.9 Å².